The average molecular weight is 453 g/mol. The Morgan fingerprint density at radius 3 is 2.48 bits per heavy atom. The van der Waals surface area contributed by atoms with Crippen molar-refractivity contribution >= 4 is 23.5 Å². The number of esters is 1. The van der Waals surface area contributed by atoms with Gasteiger partial charge in [-0.2, -0.15) is 0 Å². The van der Waals surface area contributed by atoms with Crippen molar-refractivity contribution in [1.82, 2.24) is 5.32 Å². The molecule has 1 fully saturated rings. The highest BCUT2D eigenvalue weighted by Gasteiger charge is 2.22. The molecule has 1 aliphatic heterocycles. The van der Waals surface area contributed by atoms with E-state index in [1.165, 1.54) is 44.0 Å². The van der Waals surface area contributed by atoms with E-state index in [9.17, 15) is 19.5 Å². The number of carbonyl (C=O) groups is 3. The summed E-state index contributed by atoms with van der Waals surface area (Å²) >= 11 is 0. The minimum absolute atomic E-state index is 0.0548. The molecule has 0 spiro atoms. The first-order valence-corrected chi connectivity index (χ1v) is 11.6. The smallest absolute Gasteiger partial charge is 0.339 e. The van der Waals surface area contributed by atoms with E-state index < -0.39 is 11.9 Å². The number of piperidine rings is 1. The Morgan fingerprint density at radius 1 is 1.09 bits per heavy atom. The molecule has 7 heteroatoms. The summed E-state index contributed by atoms with van der Waals surface area (Å²) in [5.74, 6) is -2.03. The van der Waals surface area contributed by atoms with E-state index in [1.807, 2.05) is 12.1 Å². The molecule has 33 heavy (non-hydrogen) atoms. The van der Waals surface area contributed by atoms with E-state index in [-0.39, 0.29) is 29.7 Å². The number of aromatic carboxylic acids is 1. The van der Waals surface area contributed by atoms with Crippen LogP contribution in [0.25, 0.3) is 0 Å². The van der Waals surface area contributed by atoms with Crippen LogP contribution in [0, 0.1) is 0 Å². The second-order valence-electron chi connectivity index (χ2n) is 8.42. The number of hydrogen-bond donors (Lipinski definition) is 2. The van der Waals surface area contributed by atoms with E-state index in [4.69, 9.17) is 4.74 Å². The molecule has 2 aromatic carbocycles. The third-order valence-corrected chi connectivity index (χ3v) is 5.82. The largest absolute Gasteiger partial charge is 0.478 e. The third kappa shape index (κ3) is 6.57. The Labute approximate surface area is 194 Å². The first-order valence-electron chi connectivity index (χ1n) is 11.6. The number of carboxylic acid groups (broad SMARTS) is 1. The zero-order valence-corrected chi connectivity index (χ0v) is 19.3. The Kier molecular flexibility index (Phi) is 8.46. The van der Waals surface area contributed by atoms with Crippen LogP contribution in [0.1, 0.15) is 73.5 Å². The molecule has 7 nitrogen and oxygen atoms in total. The number of carbonyl (C=O) groups excluding carboxylic acids is 2. The van der Waals surface area contributed by atoms with Crippen LogP contribution < -0.4 is 15.0 Å². The van der Waals surface area contributed by atoms with Gasteiger partial charge < -0.3 is 20.1 Å². The molecule has 1 amide bonds. The summed E-state index contributed by atoms with van der Waals surface area (Å²) in [6, 6.07) is 12.5. The van der Waals surface area contributed by atoms with Crippen molar-refractivity contribution in [2.45, 2.75) is 58.4 Å². The maximum absolute atomic E-state index is 13.0. The van der Waals surface area contributed by atoms with E-state index >= 15 is 0 Å². The Morgan fingerprint density at radius 2 is 1.82 bits per heavy atom. The van der Waals surface area contributed by atoms with Crippen molar-refractivity contribution in [2.24, 2.45) is 0 Å². The summed E-state index contributed by atoms with van der Waals surface area (Å²) in [6.07, 6.45) is 5.40. The van der Waals surface area contributed by atoms with Gasteiger partial charge >= 0.3 is 11.9 Å². The second kappa shape index (κ2) is 11.5. The third-order valence-electron chi connectivity index (χ3n) is 5.82. The highest BCUT2D eigenvalue weighted by molar-refractivity contribution is 5.92. The molecule has 2 aromatic rings. The van der Waals surface area contributed by atoms with Crippen molar-refractivity contribution in [2.75, 3.05) is 18.0 Å². The fourth-order valence-corrected chi connectivity index (χ4v) is 4.32. The van der Waals surface area contributed by atoms with Crippen LogP contribution in [0.4, 0.5) is 5.69 Å². The molecule has 0 bridgehead atoms. The molecule has 0 aliphatic carbocycles. The normalized spacial score (nSPS) is 14.4. The van der Waals surface area contributed by atoms with Gasteiger partial charge in [0.25, 0.3) is 0 Å². The minimum atomic E-state index is -1.19. The van der Waals surface area contributed by atoms with Crippen LogP contribution >= 0.6 is 0 Å². The molecule has 1 unspecified atom stereocenters. The van der Waals surface area contributed by atoms with Crippen molar-refractivity contribution in [3.63, 3.8) is 0 Å². The van der Waals surface area contributed by atoms with Crippen LogP contribution in [0.15, 0.2) is 42.5 Å². The first-order chi connectivity index (χ1) is 15.9. The topological polar surface area (TPSA) is 95.9 Å². The van der Waals surface area contributed by atoms with Gasteiger partial charge in [-0.05, 0) is 55.0 Å². The van der Waals surface area contributed by atoms with Crippen molar-refractivity contribution in [1.29, 1.82) is 0 Å². The van der Waals surface area contributed by atoms with Crippen molar-refractivity contribution in [3.8, 4) is 5.75 Å². The number of benzene rings is 2. The number of rotatable bonds is 9. The molecule has 0 saturated carbocycles. The molecule has 0 radical (unpaired) electrons. The van der Waals surface area contributed by atoms with Crippen LogP contribution in [0.3, 0.4) is 0 Å². The zero-order chi connectivity index (χ0) is 23.8. The van der Waals surface area contributed by atoms with Gasteiger partial charge in [-0.1, -0.05) is 37.6 Å². The highest BCUT2D eigenvalue weighted by atomic mass is 16.5. The van der Waals surface area contributed by atoms with Gasteiger partial charge in [0.1, 0.15) is 11.3 Å². The number of anilines is 1. The molecule has 176 valence electrons. The summed E-state index contributed by atoms with van der Waals surface area (Å²) in [6.45, 7) is 5.36. The highest BCUT2D eigenvalue weighted by Crippen LogP contribution is 2.31. The standard InChI is InChI=1S/C26H32N2O5/c1-3-9-22(20-10-5-6-11-23(20)28-14-7-4-8-15-28)27-25(30)17-19-12-13-21(26(31)32)24(16-19)33-18(2)29/h5-6,10-13,16,22H,3-4,7-9,14-15,17H2,1-2H3,(H,27,30)(H,31,32). The number of nitrogens with zero attached hydrogens (tertiary/aromatic N) is 1. The lowest BCUT2D eigenvalue weighted by molar-refractivity contribution is -0.131. The molecule has 1 atom stereocenters. The van der Waals surface area contributed by atoms with Gasteiger partial charge in [-0.15, -0.1) is 0 Å². The predicted octanol–water partition coefficient (Wildman–Crippen LogP) is 4.50. The van der Waals surface area contributed by atoms with E-state index in [0.717, 1.165) is 31.5 Å². The molecule has 3 rings (SSSR count). The molecule has 1 saturated heterocycles. The van der Waals surface area contributed by atoms with Gasteiger partial charge in [-0.3, -0.25) is 9.59 Å². The molecular formula is C26H32N2O5. The van der Waals surface area contributed by atoms with Crippen molar-refractivity contribution in [3.05, 3.63) is 59.2 Å². The number of nitrogens with one attached hydrogen (secondary N) is 1. The molecule has 1 heterocycles. The van der Waals surface area contributed by atoms with Gasteiger partial charge in [0.05, 0.1) is 12.5 Å². The SMILES string of the molecule is CCCC(NC(=O)Cc1ccc(C(=O)O)c(OC(C)=O)c1)c1ccccc1N1CCCCC1. The maximum Gasteiger partial charge on any atom is 0.339 e. The van der Waals surface area contributed by atoms with Gasteiger partial charge in [-0.25, -0.2) is 4.79 Å². The number of hydrogen-bond acceptors (Lipinski definition) is 5. The summed E-state index contributed by atoms with van der Waals surface area (Å²) in [7, 11) is 0. The van der Waals surface area contributed by atoms with Crippen LogP contribution in [0.2, 0.25) is 0 Å². The van der Waals surface area contributed by atoms with E-state index in [2.05, 4.69) is 29.3 Å². The number of amides is 1. The summed E-state index contributed by atoms with van der Waals surface area (Å²) in [5.41, 5.74) is 2.76. The van der Waals surface area contributed by atoms with Crippen LogP contribution in [-0.2, 0) is 16.0 Å². The lowest BCUT2D eigenvalue weighted by atomic mass is 9.98. The average Bonchev–Trinajstić information content (AvgIpc) is 2.79. The molecular weight excluding hydrogens is 420 g/mol. The number of para-hydroxylation sites is 1. The quantitative estimate of drug-likeness (QED) is 0.430. The Bertz CT molecular complexity index is 998. The Hall–Kier alpha value is -3.35. The molecule has 1 aliphatic rings. The minimum Gasteiger partial charge on any atom is -0.478 e. The van der Waals surface area contributed by atoms with Crippen LogP contribution in [0.5, 0.6) is 5.75 Å². The molecule has 2 N–H and O–H groups in total. The molecule has 0 aromatic heterocycles. The summed E-state index contributed by atoms with van der Waals surface area (Å²) in [5, 5.41) is 12.5. The van der Waals surface area contributed by atoms with E-state index in [0.29, 0.717) is 5.56 Å². The predicted molar refractivity (Wildman–Crippen MR) is 127 cm³/mol. The lowest BCUT2D eigenvalue weighted by Crippen LogP contribution is -2.34. The fraction of sp³-hybridized carbons (Fsp3) is 0.423. The monoisotopic (exact) mass is 452 g/mol. The number of ether oxygens (including phenoxy) is 1. The Balaban J connectivity index is 1.78. The first kappa shape index (κ1) is 24.3. The van der Waals surface area contributed by atoms with Crippen molar-refractivity contribution < 1.29 is 24.2 Å². The second-order valence-corrected chi connectivity index (χ2v) is 8.42. The van der Waals surface area contributed by atoms with Gasteiger partial charge in [0, 0.05) is 25.7 Å². The zero-order valence-electron chi connectivity index (χ0n) is 19.3. The lowest BCUT2D eigenvalue weighted by Gasteiger charge is -2.32. The van der Waals surface area contributed by atoms with Crippen LogP contribution in [-0.4, -0.2) is 36.0 Å². The van der Waals surface area contributed by atoms with Gasteiger partial charge in [0.15, 0.2) is 0 Å². The van der Waals surface area contributed by atoms with Gasteiger partial charge in [0.2, 0.25) is 5.91 Å². The fourth-order valence-electron chi connectivity index (χ4n) is 4.32. The number of carboxylic acids is 1. The van der Waals surface area contributed by atoms with E-state index in [1.54, 1.807) is 6.07 Å². The summed E-state index contributed by atoms with van der Waals surface area (Å²) in [4.78, 5) is 38.1. The summed E-state index contributed by atoms with van der Waals surface area (Å²) < 4.78 is 5.04. The maximum atomic E-state index is 13.0.